The van der Waals surface area contributed by atoms with Crippen LogP contribution in [-0.4, -0.2) is 52.6 Å². The van der Waals surface area contributed by atoms with Gasteiger partial charge in [-0.15, -0.1) is 0 Å². The molecule has 2 saturated heterocycles. The first kappa shape index (κ1) is 16.3. The lowest BCUT2D eigenvalue weighted by molar-refractivity contribution is 0.197. The molecule has 2 atom stereocenters. The van der Waals surface area contributed by atoms with Gasteiger partial charge in [-0.1, -0.05) is 6.07 Å². The summed E-state index contributed by atoms with van der Waals surface area (Å²) in [6, 6.07) is 4.71. The number of piperidine rings is 1. The molecule has 2 unspecified atom stereocenters. The van der Waals surface area contributed by atoms with E-state index in [1.165, 1.54) is 24.1 Å². The van der Waals surface area contributed by atoms with Crippen LogP contribution in [0, 0.1) is 12.8 Å². The minimum absolute atomic E-state index is 0.556. The number of hydrogen-bond donors (Lipinski definition) is 0. The van der Waals surface area contributed by atoms with Gasteiger partial charge in [0.05, 0.1) is 25.2 Å². The van der Waals surface area contributed by atoms with E-state index in [-0.39, 0.29) is 0 Å². The van der Waals surface area contributed by atoms with Crippen molar-refractivity contribution in [2.45, 2.75) is 32.4 Å². The van der Waals surface area contributed by atoms with Gasteiger partial charge < -0.3 is 9.64 Å². The summed E-state index contributed by atoms with van der Waals surface area (Å²) in [5.41, 5.74) is 2.47. The summed E-state index contributed by atoms with van der Waals surface area (Å²) in [4.78, 5) is 18.4. The molecular formula is C19H25N5O. The molecule has 6 heteroatoms. The number of hydrogen-bond acceptors (Lipinski definition) is 6. The van der Waals surface area contributed by atoms with E-state index in [1.807, 2.05) is 12.3 Å². The highest BCUT2D eigenvalue weighted by Crippen LogP contribution is 2.33. The molecule has 0 aromatic carbocycles. The molecule has 25 heavy (non-hydrogen) atoms. The maximum Gasteiger partial charge on any atom is 0.225 e. The number of nitrogens with zero attached hydrogens (tertiary/aromatic N) is 5. The van der Waals surface area contributed by atoms with E-state index >= 15 is 0 Å². The molecule has 0 N–H and O–H groups in total. The summed E-state index contributed by atoms with van der Waals surface area (Å²) in [6.07, 6.45) is 7.88. The average Bonchev–Trinajstić information content (AvgIpc) is 3.06. The minimum Gasteiger partial charge on any atom is -0.494 e. The Morgan fingerprint density at radius 2 is 1.96 bits per heavy atom. The average molecular weight is 339 g/mol. The highest BCUT2D eigenvalue weighted by molar-refractivity contribution is 5.33. The predicted octanol–water partition coefficient (Wildman–Crippen LogP) is 2.29. The van der Waals surface area contributed by atoms with Gasteiger partial charge in [-0.05, 0) is 43.9 Å². The van der Waals surface area contributed by atoms with Crippen LogP contribution in [0.5, 0.6) is 5.75 Å². The second-order valence-electron chi connectivity index (χ2n) is 7.01. The maximum absolute atomic E-state index is 5.16. The van der Waals surface area contributed by atoms with Gasteiger partial charge in [-0.2, -0.15) is 0 Å². The molecule has 2 aromatic rings. The van der Waals surface area contributed by atoms with Crippen LogP contribution in [0.3, 0.4) is 0 Å². The van der Waals surface area contributed by atoms with E-state index in [4.69, 9.17) is 4.74 Å². The Balaban J connectivity index is 1.47. The van der Waals surface area contributed by atoms with Crippen molar-refractivity contribution >= 4 is 5.95 Å². The Bertz CT molecular complexity index is 720. The van der Waals surface area contributed by atoms with Crippen molar-refractivity contribution in [1.82, 2.24) is 19.9 Å². The Hall–Kier alpha value is -2.21. The van der Waals surface area contributed by atoms with Gasteiger partial charge in [0.25, 0.3) is 0 Å². The first-order valence-corrected chi connectivity index (χ1v) is 9.00. The second-order valence-corrected chi connectivity index (χ2v) is 7.01. The fourth-order valence-electron chi connectivity index (χ4n) is 4.06. The Morgan fingerprint density at radius 1 is 1.16 bits per heavy atom. The number of pyridine rings is 1. The summed E-state index contributed by atoms with van der Waals surface area (Å²) < 4.78 is 5.16. The van der Waals surface area contributed by atoms with Gasteiger partial charge >= 0.3 is 0 Å². The van der Waals surface area contributed by atoms with Crippen LogP contribution in [-0.2, 0) is 6.54 Å². The Kier molecular flexibility index (Phi) is 4.53. The summed E-state index contributed by atoms with van der Waals surface area (Å²) in [5, 5.41) is 0. The van der Waals surface area contributed by atoms with Crippen molar-refractivity contribution in [2.24, 2.45) is 5.92 Å². The Morgan fingerprint density at radius 3 is 2.72 bits per heavy atom. The molecule has 4 rings (SSSR count). The number of aryl methyl sites for hydroxylation is 1. The van der Waals surface area contributed by atoms with Crippen LogP contribution in [0.1, 0.15) is 24.1 Å². The number of aromatic nitrogens is 3. The van der Waals surface area contributed by atoms with Crippen molar-refractivity contribution in [3.8, 4) is 5.75 Å². The zero-order valence-corrected chi connectivity index (χ0v) is 14.9. The molecule has 4 heterocycles. The van der Waals surface area contributed by atoms with E-state index in [9.17, 15) is 0 Å². The smallest absolute Gasteiger partial charge is 0.225 e. The lowest BCUT2D eigenvalue weighted by Crippen LogP contribution is -2.48. The fourth-order valence-corrected chi connectivity index (χ4v) is 4.06. The van der Waals surface area contributed by atoms with E-state index < -0.39 is 0 Å². The van der Waals surface area contributed by atoms with Crippen LogP contribution < -0.4 is 9.64 Å². The third-order valence-electron chi connectivity index (χ3n) is 5.58. The summed E-state index contributed by atoms with van der Waals surface area (Å²) in [6.45, 7) is 6.26. The van der Waals surface area contributed by atoms with Crippen molar-refractivity contribution in [3.05, 3.63) is 42.0 Å². The number of anilines is 1. The minimum atomic E-state index is 0.556. The molecule has 6 nitrogen and oxygen atoms in total. The van der Waals surface area contributed by atoms with Gasteiger partial charge in [0.15, 0.2) is 5.75 Å². The normalized spacial score (nSPS) is 23.5. The quantitative estimate of drug-likeness (QED) is 0.852. The second kappa shape index (κ2) is 6.96. The molecule has 0 amide bonds. The molecule has 2 aliphatic heterocycles. The first-order valence-electron chi connectivity index (χ1n) is 9.00. The summed E-state index contributed by atoms with van der Waals surface area (Å²) in [7, 11) is 1.64. The van der Waals surface area contributed by atoms with Gasteiger partial charge in [0.2, 0.25) is 5.95 Å². The largest absolute Gasteiger partial charge is 0.494 e. The zero-order chi connectivity index (χ0) is 17.2. The predicted molar refractivity (Wildman–Crippen MR) is 96.7 cm³/mol. The molecule has 2 aromatic heterocycles. The number of fused-ring (bicyclic) bond motifs is 1. The lowest BCUT2D eigenvalue weighted by Gasteiger charge is -2.38. The third-order valence-corrected chi connectivity index (χ3v) is 5.58. The molecule has 2 fully saturated rings. The van der Waals surface area contributed by atoms with Gasteiger partial charge in [-0.3, -0.25) is 9.88 Å². The highest BCUT2D eigenvalue weighted by Gasteiger charge is 2.39. The molecule has 0 spiro atoms. The van der Waals surface area contributed by atoms with Gasteiger partial charge in [0.1, 0.15) is 0 Å². The van der Waals surface area contributed by atoms with Crippen molar-refractivity contribution in [1.29, 1.82) is 0 Å². The Labute approximate surface area is 148 Å². The monoisotopic (exact) mass is 339 g/mol. The van der Waals surface area contributed by atoms with Crippen molar-refractivity contribution < 1.29 is 4.74 Å². The SMILES string of the molecule is COc1cnc(N2CCC3CCN(Cc4ncccc4C)C3C2)nc1. The van der Waals surface area contributed by atoms with Crippen LogP contribution >= 0.6 is 0 Å². The third kappa shape index (κ3) is 3.31. The number of methoxy groups -OCH3 is 1. The van der Waals surface area contributed by atoms with Crippen LogP contribution in [0.2, 0.25) is 0 Å². The van der Waals surface area contributed by atoms with Gasteiger partial charge in [-0.25, -0.2) is 9.97 Å². The lowest BCUT2D eigenvalue weighted by atomic mass is 9.92. The first-order chi connectivity index (χ1) is 12.2. The standard InChI is InChI=1S/C19H25N5O/c1-14-4-3-7-20-17(14)12-23-8-5-15-6-9-24(13-18(15)23)19-21-10-16(25-2)11-22-19/h3-4,7,10-11,15,18H,5-6,8-9,12-13H2,1-2H3. The molecule has 2 aliphatic rings. The topological polar surface area (TPSA) is 54.4 Å². The van der Waals surface area contributed by atoms with E-state index in [0.717, 1.165) is 38.0 Å². The maximum atomic E-state index is 5.16. The molecule has 0 bridgehead atoms. The van der Waals surface area contributed by atoms with Crippen LogP contribution in [0.15, 0.2) is 30.7 Å². The molecule has 0 saturated carbocycles. The van der Waals surface area contributed by atoms with Crippen molar-refractivity contribution in [2.75, 3.05) is 31.6 Å². The highest BCUT2D eigenvalue weighted by atomic mass is 16.5. The number of likely N-dealkylation sites (tertiary alicyclic amines) is 1. The van der Waals surface area contributed by atoms with E-state index in [0.29, 0.717) is 11.8 Å². The molecule has 132 valence electrons. The molecule has 0 aliphatic carbocycles. The van der Waals surface area contributed by atoms with Crippen molar-refractivity contribution in [3.63, 3.8) is 0 Å². The summed E-state index contributed by atoms with van der Waals surface area (Å²) in [5.74, 6) is 2.28. The van der Waals surface area contributed by atoms with Crippen LogP contribution in [0.25, 0.3) is 0 Å². The van der Waals surface area contributed by atoms with Crippen LogP contribution in [0.4, 0.5) is 5.95 Å². The van der Waals surface area contributed by atoms with Gasteiger partial charge in [0, 0.05) is 31.9 Å². The van der Waals surface area contributed by atoms with E-state index in [1.54, 1.807) is 19.5 Å². The molecular weight excluding hydrogens is 314 g/mol. The number of ether oxygens (including phenoxy) is 1. The zero-order valence-electron chi connectivity index (χ0n) is 14.9. The molecule has 0 radical (unpaired) electrons. The van der Waals surface area contributed by atoms with E-state index in [2.05, 4.69) is 37.7 Å². The number of rotatable bonds is 4. The fraction of sp³-hybridized carbons (Fsp3) is 0.526. The summed E-state index contributed by atoms with van der Waals surface area (Å²) >= 11 is 0.